The van der Waals surface area contributed by atoms with Crippen LogP contribution in [0, 0.1) is 0 Å². The average molecular weight is 367 g/mol. The standard InChI is InChI=1S/C16H21N3O5S/c1-11(2)18-25(23,24)13-5-3-12(4-6-13)17-14(20)9-10-19-15(21)7-8-16(19)22/h3-6,11,18H,7-10H2,1-2H3,(H,17,20). The van der Waals surface area contributed by atoms with Gasteiger partial charge in [0.05, 0.1) is 4.90 Å². The van der Waals surface area contributed by atoms with E-state index in [4.69, 9.17) is 0 Å². The SMILES string of the molecule is CC(C)NS(=O)(=O)c1ccc(NC(=O)CCN2C(=O)CCC2=O)cc1. The topological polar surface area (TPSA) is 113 Å². The van der Waals surface area contributed by atoms with E-state index >= 15 is 0 Å². The number of hydrogen-bond donors (Lipinski definition) is 2. The van der Waals surface area contributed by atoms with Gasteiger partial charge in [-0.1, -0.05) is 0 Å². The molecule has 0 saturated carbocycles. The molecule has 2 N–H and O–H groups in total. The Bertz CT molecular complexity index is 755. The zero-order valence-corrected chi connectivity index (χ0v) is 14.9. The quantitative estimate of drug-likeness (QED) is 0.694. The molecule has 1 heterocycles. The highest BCUT2D eigenvalue weighted by molar-refractivity contribution is 7.89. The summed E-state index contributed by atoms with van der Waals surface area (Å²) in [5, 5.41) is 2.61. The zero-order chi connectivity index (χ0) is 18.6. The minimum absolute atomic E-state index is 0.00750. The number of likely N-dealkylation sites (tertiary alicyclic amines) is 1. The molecule has 9 heteroatoms. The van der Waals surface area contributed by atoms with Crippen LogP contribution in [0.2, 0.25) is 0 Å². The number of hydrogen-bond acceptors (Lipinski definition) is 5. The maximum atomic E-state index is 12.0. The average Bonchev–Trinajstić information content (AvgIpc) is 2.83. The first-order valence-electron chi connectivity index (χ1n) is 7.94. The van der Waals surface area contributed by atoms with Crippen LogP contribution in [0.1, 0.15) is 33.1 Å². The lowest BCUT2D eigenvalue weighted by Gasteiger charge is -2.13. The van der Waals surface area contributed by atoms with Crippen molar-refractivity contribution in [3.63, 3.8) is 0 Å². The summed E-state index contributed by atoms with van der Waals surface area (Å²) in [6.07, 6.45) is 0.383. The van der Waals surface area contributed by atoms with Crippen molar-refractivity contribution in [3.05, 3.63) is 24.3 Å². The summed E-state index contributed by atoms with van der Waals surface area (Å²) in [7, 11) is -3.58. The Balaban J connectivity index is 1.91. The van der Waals surface area contributed by atoms with Gasteiger partial charge >= 0.3 is 0 Å². The normalized spacial score (nSPS) is 15.1. The van der Waals surface area contributed by atoms with Gasteiger partial charge in [0.2, 0.25) is 27.7 Å². The summed E-state index contributed by atoms with van der Waals surface area (Å²) in [5.74, 6) is -0.876. The Hall–Kier alpha value is -2.26. The van der Waals surface area contributed by atoms with Gasteiger partial charge in [0.25, 0.3) is 0 Å². The molecule has 2 rings (SSSR count). The molecule has 136 valence electrons. The molecule has 1 aromatic carbocycles. The fraction of sp³-hybridized carbons (Fsp3) is 0.438. The van der Waals surface area contributed by atoms with Crippen molar-refractivity contribution in [2.75, 3.05) is 11.9 Å². The maximum Gasteiger partial charge on any atom is 0.240 e. The van der Waals surface area contributed by atoms with Crippen LogP contribution in [0.5, 0.6) is 0 Å². The van der Waals surface area contributed by atoms with E-state index in [1.165, 1.54) is 24.3 Å². The predicted octanol–water partition coefficient (Wildman–Crippen LogP) is 0.851. The zero-order valence-electron chi connectivity index (χ0n) is 14.1. The number of carbonyl (C=O) groups excluding carboxylic acids is 3. The van der Waals surface area contributed by atoms with Crippen molar-refractivity contribution in [2.24, 2.45) is 0 Å². The lowest BCUT2D eigenvalue weighted by atomic mass is 10.3. The molecule has 1 fully saturated rings. The number of nitrogens with zero attached hydrogens (tertiary/aromatic N) is 1. The van der Waals surface area contributed by atoms with Crippen molar-refractivity contribution < 1.29 is 22.8 Å². The molecule has 0 spiro atoms. The summed E-state index contributed by atoms with van der Waals surface area (Å²) >= 11 is 0. The Morgan fingerprint density at radius 3 is 2.20 bits per heavy atom. The van der Waals surface area contributed by atoms with Crippen molar-refractivity contribution in [1.82, 2.24) is 9.62 Å². The van der Waals surface area contributed by atoms with Crippen molar-refractivity contribution in [1.29, 1.82) is 0 Å². The number of nitrogens with one attached hydrogen (secondary N) is 2. The van der Waals surface area contributed by atoms with E-state index in [1.54, 1.807) is 13.8 Å². The molecule has 0 atom stereocenters. The number of amides is 3. The molecule has 1 aromatic rings. The predicted molar refractivity (Wildman–Crippen MR) is 91.1 cm³/mol. The fourth-order valence-corrected chi connectivity index (χ4v) is 3.66. The fourth-order valence-electron chi connectivity index (χ4n) is 2.40. The van der Waals surface area contributed by atoms with Crippen molar-refractivity contribution in [2.45, 2.75) is 44.0 Å². The van der Waals surface area contributed by atoms with Crippen LogP contribution in [0.15, 0.2) is 29.2 Å². The monoisotopic (exact) mass is 367 g/mol. The van der Waals surface area contributed by atoms with Gasteiger partial charge in [0.15, 0.2) is 0 Å². The van der Waals surface area contributed by atoms with Gasteiger partial charge in [0, 0.05) is 37.5 Å². The van der Waals surface area contributed by atoms with Crippen molar-refractivity contribution >= 4 is 33.4 Å². The highest BCUT2D eigenvalue weighted by Crippen LogP contribution is 2.15. The van der Waals surface area contributed by atoms with Gasteiger partial charge in [0.1, 0.15) is 0 Å². The third kappa shape index (κ3) is 5.10. The van der Waals surface area contributed by atoms with Crippen LogP contribution in [-0.2, 0) is 24.4 Å². The van der Waals surface area contributed by atoms with Crippen LogP contribution in [0.25, 0.3) is 0 Å². The Kier molecular flexibility index (Phi) is 5.91. The molecule has 0 bridgehead atoms. The summed E-state index contributed by atoms with van der Waals surface area (Å²) in [6, 6.07) is 5.54. The second kappa shape index (κ2) is 7.75. The van der Waals surface area contributed by atoms with E-state index < -0.39 is 10.0 Å². The van der Waals surface area contributed by atoms with Crippen LogP contribution in [0.3, 0.4) is 0 Å². The van der Waals surface area contributed by atoms with Gasteiger partial charge in [-0.15, -0.1) is 0 Å². The van der Waals surface area contributed by atoms with Gasteiger partial charge in [-0.05, 0) is 38.1 Å². The summed E-state index contributed by atoms with van der Waals surface area (Å²) in [5.41, 5.74) is 0.438. The third-order valence-electron chi connectivity index (χ3n) is 3.56. The highest BCUT2D eigenvalue weighted by atomic mass is 32.2. The summed E-state index contributed by atoms with van der Waals surface area (Å²) < 4.78 is 26.5. The number of carbonyl (C=O) groups is 3. The minimum Gasteiger partial charge on any atom is -0.326 e. The second-order valence-electron chi connectivity index (χ2n) is 6.04. The molecule has 1 aliphatic heterocycles. The molecule has 0 aliphatic carbocycles. The van der Waals surface area contributed by atoms with Gasteiger partial charge in [-0.2, -0.15) is 0 Å². The second-order valence-corrected chi connectivity index (χ2v) is 7.75. The Morgan fingerprint density at radius 1 is 1.12 bits per heavy atom. The van der Waals surface area contributed by atoms with Crippen LogP contribution in [-0.4, -0.2) is 43.6 Å². The Labute approximate surface area is 146 Å². The van der Waals surface area contributed by atoms with E-state index in [9.17, 15) is 22.8 Å². The first kappa shape index (κ1) is 19.1. The van der Waals surface area contributed by atoms with E-state index in [0.29, 0.717) is 5.69 Å². The first-order chi connectivity index (χ1) is 11.7. The maximum absolute atomic E-state index is 12.0. The van der Waals surface area contributed by atoms with E-state index in [2.05, 4.69) is 10.0 Å². The largest absolute Gasteiger partial charge is 0.326 e. The third-order valence-corrected chi connectivity index (χ3v) is 5.23. The number of anilines is 1. The first-order valence-corrected chi connectivity index (χ1v) is 9.43. The summed E-state index contributed by atoms with van der Waals surface area (Å²) in [4.78, 5) is 36.1. The van der Waals surface area contributed by atoms with E-state index in [-0.39, 0.29) is 54.5 Å². The molecular weight excluding hydrogens is 346 g/mol. The molecule has 8 nitrogen and oxygen atoms in total. The highest BCUT2D eigenvalue weighted by Gasteiger charge is 2.28. The van der Waals surface area contributed by atoms with Crippen molar-refractivity contribution in [3.8, 4) is 0 Å². The minimum atomic E-state index is -3.58. The lowest BCUT2D eigenvalue weighted by molar-refractivity contribution is -0.138. The van der Waals surface area contributed by atoms with Crippen LogP contribution >= 0.6 is 0 Å². The van der Waals surface area contributed by atoms with E-state index in [1.807, 2.05) is 0 Å². The van der Waals surface area contributed by atoms with Crippen LogP contribution < -0.4 is 10.0 Å². The molecule has 0 radical (unpaired) electrons. The molecular formula is C16H21N3O5S. The number of imide groups is 1. The lowest BCUT2D eigenvalue weighted by Crippen LogP contribution is -2.32. The number of rotatable bonds is 7. The molecule has 3 amide bonds. The van der Waals surface area contributed by atoms with Gasteiger partial charge in [-0.3, -0.25) is 19.3 Å². The molecule has 1 saturated heterocycles. The molecule has 25 heavy (non-hydrogen) atoms. The Morgan fingerprint density at radius 2 is 1.68 bits per heavy atom. The van der Waals surface area contributed by atoms with Gasteiger partial charge in [-0.25, -0.2) is 13.1 Å². The molecule has 0 unspecified atom stereocenters. The van der Waals surface area contributed by atoms with Gasteiger partial charge < -0.3 is 5.32 Å². The smallest absolute Gasteiger partial charge is 0.240 e. The van der Waals surface area contributed by atoms with Crippen LogP contribution in [0.4, 0.5) is 5.69 Å². The summed E-state index contributed by atoms with van der Waals surface area (Å²) in [6.45, 7) is 3.50. The molecule has 0 aromatic heterocycles. The number of sulfonamides is 1. The van der Waals surface area contributed by atoms with E-state index in [0.717, 1.165) is 4.90 Å². The number of benzene rings is 1. The molecule has 1 aliphatic rings.